The van der Waals surface area contributed by atoms with Gasteiger partial charge in [-0.3, -0.25) is 0 Å². The number of hydrogen-bond acceptors (Lipinski definition) is 3. The molecule has 30 heavy (non-hydrogen) atoms. The highest BCUT2D eigenvalue weighted by atomic mass is 35.5. The minimum absolute atomic E-state index is 0.0520. The van der Waals surface area contributed by atoms with Crippen LogP contribution in [0.1, 0.15) is 34.1 Å². The molecule has 1 aliphatic rings. The zero-order chi connectivity index (χ0) is 20.7. The van der Waals surface area contributed by atoms with E-state index in [1.807, 2.05) is 66.7 Å². The van der Waals surface area contributed by atoms with Crippen molar-refractivity contribution in [1.29, 1.82) is 0 Å². The monoisotopic (exact) mass is 417 g/mol. The van der Waals surface area contributed by atoms with E-state index < -0.39 is 11.9 Å². The summed E-state index contributed by atoms with van der Waals surface area (Å²) in [5.41, 5.74) is 4.84. The van der Waals surface area contributed by atoms with E-state index in [2.05, 4.69) is 4.98 Å². The Kier molecular flexibility index (Phi) is 4.74. The highest BCUT2D eigenvalue weighted by Gasteiger charge is 2.22. The van der Waals surface area contributed by atoms with Crippen LogP contribution >= 0.6 is 11.6 Å². The van der Waals surface area contributed by atoms with Crippen LogP contribution in [0.3, 0.4) is 0 Å². The number of ether oxygens (including phenoxy) is 1. The first kappa shape index (κ1) is 18.8. The number of pyridine rings is 1. The average Bonchev–Trinajstić information content (AvgIpc) is 2.90. The summed E-state index contributed by atoms with van der Waals surface area (Å²) in [5, 5.41) is 11.7. The first-order valence-corrected chi connectivity index (χ1v) is 9.93. The molecule has 1 aliphatic heterocycles. The van der Waals surface area contributed by atoms with Gasteiger partial charge in [-0.15, -0.1) is 0 Å². The maximum atomic E-state index is 13.6. The Hall–Kier alpha value is -3.21. The lowest BCUT2D eigenvalue weighted by molar-refractivity contribution is 0.218. The molecule has 0 bridgehead atoms. The fraction of sp³-hybridized carbons (Fsp3) is 0.0800. The summed E-state index contributed by atoms with van der Waals surface area (Å²) in [6.07, 6.45) is 3.04. The van der Waals surface area contributed by atoms with Crippen LogP contribution in [-0.4, -0.2) is 10.1 Å². The van der Waals surface area contributed by atoms with Crippen LogP contribution in [0.25, 0.3) is 23.1 Å². The molecule has 4 aromatic rings. The summed E-state index contributed by atoms with van der Waals surface area (Å²) in [5.74, 6) is 0.220. The van der Waals surface area contributed by atoms with Gasteiger partial charge in [-0.2, -0.15) is 0 Å². The number of aliphatic hydroxyl groups is 1. The largest absolute Gasteiger partial charge is 0.488 e. The van der Waals surface area contributed by atoms with Crippen LogP contribution in [0.5, 0.6) is 5.75 Å². The standard InChI is InChI=1S/C25H17ClFNO2/c26-21-13-23-16(12-22(21)27)7-9-18(28-23)8-5-15-6-10-24-20(11-15)25(29)19-4-2-1-3-17(19)14-30-24/h1-13,25,29H,14H2. The van der Waals surface area contributed by atoms with Crippen LogP contribution in [0.2, 0.25) is 5.02 Å². The van der Waals surface area contributed by atoms with Gasteiger partial charge in [0.2, 0.25) is 0 Å². The van der Waals surface area contributed by atoms with Gasteiger partial charge in [0.15, 0.2) is 0 Å². The first-order valence-electron chi connectivity index (χ1n) is 9.55. The Morgan fingerprint density at radius 2 is 1.87 bits per heavy atom. The molecule has 0 amide bonds. The second-order valence-corrected chi connectivity index (χ2v) is 7.62. The summed E-state index contributed by atoms with van der Waals surface area (Å²) in [7, 11) is 0. The van der Waals surface area contributed by atoms with Gasteiger partial charge in [0, 0.05) is 10.9 Å². The van der Waals surface area contributed by atoms with Gasteiger partial charge in [0.25, 0.3) is 0 Å². The second-order valence-electron chi connectivity index (χ2n) is 7.22. The van der Waals surface area contributed by atoms with Crippen LogP contribution < -0.4 is 4.74 Å². The SMILES string of the molecule is OC1c2ccccc2COc2ccc(C=Cc3ccc4cc(F)c(Cl)cc4n3)cc21. The van der Waals surface area contributed by atoms with Crippen molar-refractivity contribution < 1.29 is 14.2 Å². The summed E-state index contributed by atoms with van der Waals surface area (Å²) in [6.45, 7) is 0.430. The van der Waals surface area contributed by atoms with Crippen molar-refractivity contribution >= 4 is 34.7 Å². The molecule has 2 heterocycles. The van der Waals surface area contributed by atoms with Gasteiger partial charge in [0.05, 0.1) is 16.2 Å². The number of rotatable bonds is 2. The Balaban J connectivity index is 1.47. The number of hydrogen-bond donors (Lipinski definition) is 1. The summed E-state index contributed by atoms with van der Waals surface area (Å²) < 4.78 is 19.5. The fourth-order valence-electron chi connectivity index (χ4n) is 3.68. The molecule has 0 aliphatic carbocycles. The van der Waals surface area contributed by atoms with Gasteiger partial charge >= 0.3 is 0 Å². The van der Waals surface area contributed by atoms with E-state index in [1.54, 1.807) is 0 Å². The van der Waals surface area contributed by atoms with Crippen molar-refractivity contribution in [3.05, 3.63) is 106 Å². The van der Waals surface area contributed by atoms with E-state index in [4.69, 9.17) is 16.3 Å². The average molecular weight is 418 g/mol. The van der Waals surface area contributed by atoms with E-state index in [0.29, 0.717) is 23.3 Å². The van der Waals surface area contributed by atoms with E-state index >= 15 is 0 Å². The smallest absolute Gasteiger partial charge is 0.142 e. The number of benzene rings is 3. The van der Waals surface area contributed by atoms with Crippen molar-refractivity contribution in [2.45, 2.75) is 12.7 Å². The molecule has 0 radical (unpaired) electrons. The molecular weight excluding hydrogens is 401 g/mol. The number of fused-ring (bicyclic) bond motifs is 3. The predicted molar refractivity (Wildman–Crippen MR) is 117 cm³/mol. The molecule has 1 aromatic heterocycles. The fourth-order valence-corrected chi connectivity index (χ4v) is 3.84. The van der Waals surface area contributed by atoms with Crippen molar-refractivity contribution in [3.8, 4) is 5.75 Å². The number of halogens is 2. The van der Waals surface area contributed by atoms with Gasteiger partial charge in [-0.1, -0.05) is 54.1 Å². The molecule has 1 atom stereocenters. The molecule has 1 N–H and O–H groups in total. The molecule has 3 aromatic carbocycles. The third-order valence-electron chi connectivity index (χ3n) is 5.26. The number of aliphatic hydroxyl groups excluding tert-OH is 1. The number of aromatic nitrogens is 1. The lowest BCUT2D eigenvalue weighted by atomic mass is 9.96. The normalized spacial score (nSPS) is 15.5. The van der Waals surface area contributed by atoms with Gasteiger partial charge in [-0.05, 0) is 53.1 Å². The summed E-state index contributed by atoms with van der Waals surface area (Å²) in [6, 6.07) is 20.0. The Bertz CT molecular complexity index is 1300. The van der Waals surface area contributed by atoms with Crippen LogP contribution in [-0.2, 0) is 6.61 Å². The van der Waals surface area contributed by atoms with Crippen molar-refractivity contribution in [2.24, 2.45) is 0 Å². The third kappa shape index (κ3) is 3.45. The van der Waals surface area contributed by atoms with Gasteiger partial charge in [-0.25, -0.2) is 9.37 Å². The van der Waals surface area contributed by atoms with Crippen LogP contribution in [0.15, 0.2) is 66.7 Å². The zero-order valence-corrected chi connectivity index (χ0v) is 16.6. The topological polar surface area (TPSA) is 42.4 Å². The van der Waals surface area contributed by atoms with Gasteiger partial charge < -0.3 is 9.84 Å². The quantitative estimate of drug-likeness (QED) is 0.424. The zero-order valence-electron chi connectivity index (χ0n) is 15.8. The molecule has 148 valence electrons. The Morgan fingerprint density at radius 3 is 2.77 bits per heavy atom. The predicted octanol–water partition coefficient (Wildman–Crippen LogP) is 6.17. The molecule has 5 rings (SSSR count). The highest BCUT2D eigenvalue weighted by Crippen LogP contribution is 2.36. The molecule has 0 saturated carbocycles. The van der Waals surface area contributed by atoms with E-state index in [-0.39, 0.29) is 5.02 Å². The Morgan fingerprint density at radius 1 is 1.00 bits per heavy atom. The molecule has 1 unspecified atom stereocenters. The maximum Gasteiger partial charge on any atom is 0.142 e. The van der Waals surface area contributed by atoms with E-state index in [1.165, 1.54) is 12.1 Å². The summed E-state index contributed by atoms with van der Waals surface area (Å²) >= 11 is 5.87. The van der Waals surface area contributed by atoms with Crippen molar-refractivity contribution in [1.82, 2.24) is 4.98 Å². The molecule has 5 heteroatoms. The molecule has 0 saturated heterocycles. The lowest BCUT2D eigenvalue weighted by Gasteiger charge is -2.13. The van der Waals surface area contributed by atoms with E-state index in [0.717, 1.165) is 27.9 Å². The van der Waals surface area contributed by atoms with Crippen LogP contribution in [0, 0.1) is 5.82 Å². The minimum atomic E-state index is -0.747. The molecule has 3 nitrogen and oxygen atoms in total. The number of nitrogens with zero attached hydrogens (tertiary/aromatic N) is 1. The van der Waals surface area contributed by atoms with Crippen molar-refractivity contribution in [3.63, 3.8) is 0 Å². The first-order chi connectivity index (χ1) is 14.6. The summed E-state index contributed by atoms with van der Waals surface area (Å²) in [4.78, 5) is 4.53. The Labute approximate surface area is 178 Å². The molecule has 0 fully saturated rings. The third-order valence-corrected chi connectivity index (χ3v) is 5.55. The van der Waals surface area contributed by atoms with E-state index in [9.17, 15) is 9.50 Å². The minimum Gasteiger partial charge on any atom is -0.488 e. The second kappa shape index (κ2) is 7.56. The van der Waals surface area contributed by atoms with Gasteiger partial charge in [0.1, 0.15) is 24.3 Å². The highest BCUT2D eigenvalue weighted by molar-refractivity contribution is 6.31. The van der Waals surface area contributed by atoms with Crippen molar-refractivity contribution in [2.75, 3.05) is 0 Å². The molecular formula is C25H17ClFNO2. The maximum absolute atomic E-state index is 13.6. The lowest BCUT2D eigenvalue weighted by Crippen LogP contribution is -2.01. The van der Waals surface area contributed by atoms with Crippen LogP contribution in [0.4, 0.5) is 4.39 Å². The molecule has 0 spiro atoms.